The minimum absolute atomic E-state index is 0.00916. The molecule has 2 fully saturated rings. The van der Waals surface area contributed by atoms with Gasteiger partial charge in [-0.2, -0.15) is 0 Å². The van der Waals surface area contributed by atoms with Crippen LogP contribution >= 0.6 is 22.7 Å². The van der Waals surface area contributed by atoms with Gasteiger partial charge in [-0.1, -0.05) is 55.5 Å². The zero-order valence-corrected chi connectivity index (χ0v) is 27.9. The van der Waals surface area contributed by atoms with Crippen LogP contribution in [0, 0.1) is 17.8 Å². The van der Waals surface area contributed by atoms with Crippen LogP contribution in [-0.2, 0) is 13.0 Å². The number of H-pyrrole nitrogens is 1. The summed E-state index contributed by atoms with van der Waals surface area (Å²) in [5, 5.41) is 27.0. The second-order valence-corrected chi connectivity index (χ2v) is 15.8. The number of aliphatic hydroxyl groups is 1. The standard InChI is InChI=1S/C34H43N5O4S2/c1-22-36-26(18-44-22)31(42)39-20-33(2,3)19-34(21-39)10-13-38(14-11-34)17-24-6-4-5-23(15-24)9-12-35-16-28(41)25-7-8-27(40)29-30(25)45-32(43)37-29/h4-8,15,18,28,35,40-41H,9-14,16-17,19-21H2,1-3H3,(H,37,43)/t28-/m0/s1. The monoisotopic (exact) mass is 649 g/mol. The molecule has 1 amide bonds. The second kappa shape index (κ2) is 13.0. The number of likely N-dealkylation sites (tertiary alicyclic amines) is 2. The van der Waals surface area contributed by atoms with Gasteiger partial charge in [0.2, 0.25) is 0 Å². The van der Waals surface area contributed by atoms with Crippen LogP contribution in [0.2, 0.25) is 0 Å². The summed E-state index contributed by atoms with van der Waals surface area (Å²) in [7, 11) is 0. The van der Waals surface area contributed by atoms with E-state index in [9.17, 15) is 19.8 Å². The molecule has 2 aromatic carbocycles. The van der Waals surface area contributed by atoms with Crippen LogP contribution in [0.25, 0.3) is 10.2 Å². The number of benzene rings is 2. The summed E-state index contributed by atoms with van der Waals surface area (Å²) < 4.78 is 0.592. The number of fused-ring (bicyclic) bond motifs is 1. The fourth-order valence-corrected chi connectivity index (χ4v) is 8.92. The Morgan fingerprint density at radius 3 is 2.69 bits per heavy atom. The van der Waals surface area contributed by atoms with Gasteiger partial charge in [-0.05, 0) is 80.3 Å². The largest absolute Gasteiger partial charge is 0.506 e. The number of nitrogens with one attached hydrogen (secondary N) is 2. The summed E-state index contributed by atoms with van der Waals surface area (Å²) in [5.74, 6) is 0.0845. The number of amides is 1. The van der Waals surface area contributed by atoms with Crippen molar-refractivity contribution in [3.05, 3.63) is 78.8 Å². The normalized spacial score (nSPS) is 18.9. The molecule has 1 spiro atoms. The molecule has 0 saturated carbocycles. The molecule has 0 bridgehead atoms. The summed E-state index contributed by atoms with van der Waals surface area (Å²) in [5.41, 5.74) is 4.39. The van der Waals surface area contributed by atoms with Crippen molar-refractivity contribution in [3.8, 4) is 5.75 Å². The van der Waals surface area contributed by atoms with E-state index < -0.39 is 6.10 Å². The molecule has 4 aromatic rings. The van der Waals surface area contributed by atoms with Crippen molar-refractivity contribution in [3.63, 3.8) is 0 Å². The smallest absolute Gasteiger partial charge is 0.305 e. The van der Waals surface area contributed by atoms with Crippen LogP contribution in [0.15, 0.2) is 46.6 Å². The lowest BCUT2D eigenvalue weighted by Gasteiger charge is -2.53. The molecule has 11 heteroatoms. The van der Waals surface area contributed by atoms with E-state index in [0.29, 0.717) is 34.6 Å². The van der Waals surface area contributed by atoms with Crippen molar-refractivity contribution in [2.45, 2.75) is 59.1 Å². The SMILES string of the molecule is Cc1nc(C(=O)N2CC(C)(C)CC3(CCN(Cc4cccc(CCNC[C@H](O)c5ccc(O)c6[nH]c(=O)sc56)c4)CC3)C2)cs1. The van der Waals surface area contributed by atoms with Gasteiger partial charge in [0, 0.05) is 37.1 Å². The van der Waals surface area contributed by atoms with Crippen LogP contribution in [-0.4, -0.2) is 75.2 Å². The Morgan fingerprint density at radius 2 is 1.93 bits per heavy atom. The molecular formula is C34H43N5O4S2. The minimum Gasteiger partial charge on any atom is -0.506 e. The maximum absolute atomic E-state index is 13.3. The van der Waals surface area contributed by atoms with E-state index in [1.54, 1.807) is 6.07 Å². The molecular weight excluding hydrogens is 607 g/mol. The number of hydrogen-bond donors (Lipinski definition) is 4. The molecule has 2 aromatic heterocycles. The summed E-state index contributed by atoms with van der Waals surface area (Å²) >= 11 is 2.54. The number of nitrogens with zero attached hydrogens (tertiary/aromatic N) is 3. The molecule has 240 valence electrons. The molecule has 0 aliphatic carbocycles. The van der Waals surface area contributed by atoms with E-state index in [-0.39, 0.29) is 27.4 Å². The Morgan fingerprint density at radius 1 is 1.16 bits per heavy atom. The van der Waals surface area contributed by atoms with Gasteiger partial charge < -0.3 is 25.4 Å². The van der Waals surface area contributed by atoms with E-state index in [4.69, 9.17) is 0 Å². The highest BCUT2D eigenvalue weighted by atomic mass is 32.1. The van der Waals surface area contributed by atoms with Crippen molar-refractivity contribution in [1.29, 1.82) is 0 Å². The number of phenolic OH excluding ortho intramolecular Hbond substituents is 1. The molecule has 2 aliphatic rings. The molecule has 0 unspecified atom stereocenters. The third kappa shape index (κ3) is 7.33. The second-order valence-electron chi connectivity index (χ2n) is 13.7. The third-order valence-electron chi connectivity index (χ3n) is 9.31. The number of aliphatic hydroxyl groups excluding tert-OH is 1. The number of piperidine rings is 2. The lowest BCUT2D eigenvalue weighted by molar-refractivity contribution is -0.0256. The highest BCUT2D eigenvalue weighted by Crippen LogP contribution is 2.47. The molecule has 0 radical (unpaired) electrons. The number of carbonyl (C=O) groups excluding carboxylic acids is 1. The Bertz CT molecular complexity index is 1720. The summed E-state index contributed by atoms with van der Waals surface area (Å²) in [6.45, 7) is 12.2. The maximum atomic E-state index is 13.3. The Kier molecular flexibility index (Phi) is 9.18. The first kappa shape index (κ1) is 31.9. The molecule has 4 heterocycles. The molecule has 1 atom stereocenters. The van der Waals surface area contributed by atoms with E-state index in [1.807, 2.05) is 12.3 Å². The van der Waals surface area contributed by atoms with Gasteiger partial charge in [-0.3, -0.25) is 14.5 Å². The number of aryl methyl sites for hydroxylation is 1. The van der Waals surface area contributed by atoms with Crippen molar-refractivity contribution in [2.75, 3.05) is 39.3 Å². The third-order valence-corrected chi connectivity index (χ3v) is 11.0. The fraction of sp³-hybridized carbons (Fsp3) is 0.500. The number of aromatic amines is 1. The molecule has 6 rings (SSSR count). The number of hydrogen-bond acceptors (Lipinski definition) is 9. The molecule has 9 nitrogen and oxygen atoms in total. The van der Waals surface area contributed by atoms with Crippen molar-refractivity contribution in [1.82, 2.24) is 25.1 Å². The quantitative estimate of drug-likeness (QED) is 0.187. The van der Waals surface area contributed by atoms with Gasteiger partial charge >= 0.3 is 4.87 Å². The predicted octanol–water partition coefficient (Wildman–Crippen LogP) is 5.08. The minimum atomic E-state index is -0.787. The van der Waals surface area contributed by atoms with Gasteiger partial charge in [0.05, 0.1) is 15.8 Å². The maximum Gasteiger partial charge on any atom is 0.305 e. The van der Waals surface area contributed by atoms with Crippen molar-refractivity contribution < 1.29 is 15.0 Å². The van der Waals surface area contributed by atoms with E-state index >= 15 is 0 Å². The number of carbonyl (C=O) groups is 1. The highest BCUT2D eigenvalue weighted by molar-refractivity contribution is 7.16. The van der Waals surface area contributed by atoms with Gasteiger partial charge in [0.25, 0.3) is 5.91 Å². The Hall–Kier alpha value is -3.09. The summed E-state index contributed by atoms with van der Waals surface area (Å²) in [4.78, 5) is 36.6. The van der Waals surface area contributed by atoms with E-state index in [0.717, 1.165) is 74.8 Å². The Balaban J connectivity index is 0.995. The average molecular weight is 650 g/mol. The van der Waals surface area contributed by atoms with Gasteiger partial charge in [-0.15, -0.1) is 11.3 Å². The number of phenols is 1. The Labute approximate surface area is 271 Å². The van der Waals surface area contributed by atoms with Crippen LogP contribution in [0.3, 0.4) is 0 Å². The summed E-state index contributed by atoms with van der Waals surface area (Å²) in [6, 6.07) is 11.9. The molecule has 4 N–H and O–H groups in total. The number of aromatic hydroxyl groups is 1. The van der Waals surface area contributed by atoms with Crippen LogP contribution in [0.4, 0.5) is 0 Å². The first-order chi connectivity index (χ1) is 21.5. The highest BCUT2D eigenvalue weighted by Gasteiger charge is 2.46. The van der Waals surface area contributed by atoms with Crippen molar-refractivity contribution in [2.24, 2.45) is 10.8 Å². The number of thiazole rings is 2. The average Bonchev–Trinajstić information content (AvgIpc) is 3.61. The zero-order valence-electron chi connectivity index (χ0n) is 26.3. The van der Waals surface area contributed by atoms with Gasteiger partial charge in [0.15, 0.2) is 0 Å². The first-order valence-corrected chi connectivity index (χ1v) is 17.4. The molecule has 2 aliphatic heterocycles. The van der Waals surface area contributed by atoms with Gasteiger partial charge in [-0.25, -0.2) is 4.98 Å². The fourth-order valence-electron chi connectivity index (χ4n) is 7.42. The van der Waals surface area contributed by atoms with Crippen LogP contribution in [0.1, 0.15) is 71.4 Å². The summed E-state index contributed by atoms with van der Waals surface area (Å²) in [6.07, 6.45) is 3.38. The van der Waals surface area contributed by atoms with E-state index in [2.05, 4.69) is 63.2 Å². The zero-order chi connectivity index (χ0) is 31.8. The molecule has 2 saturated heterocycles. The number of aromatic nitrogens is 2. The van der Waals surface area contributed by atoms with Crippen LogP contribution < -0.4 is 10.2 Å². The first-order valence-electron chi connectivity index (χ1n) is 15.7. The van der Waals surface area contributed by atoms with Gasteiger partial charge in [0.1, 0.15) is 17.0 Å². The predicted molar refractivity (Wildman–Crippen MR) is 180 cm³/mol. The number of rotatable bonds is 9. The molecule has 45 heavy (non-hydrogen) atoms. The topological polar surface area (TPSA) is 122 Å². The van der Waals surface area contributed by atoms with E-state index in [1.165, 1.54) is 28.5 Å². The van der Waals surface area contributed by atoms with Crippen LogP contribution in [0.5, 0.6) is 5.75 Å². The lowest BCUT2D eigenvalue weighted by atomic mass is 9.64. The van der Waals surface area contributed by atoms with Crippen molar-refractivity contribution >= 4 is 38.8 Å². The lowest BCUT2D eigenvalue weighted by Crippen LogP contribution is -2.56.